The van der Waals surface area contributed by atoms with Crippen LogP contribution in [0.1, 0.15) is 18.5 Å². The molecule has 0 N–H and O–H groups in total. The second kappa shape index (κ2) is 7.10. The van der Waals surface area contributed by atoms with Crippen molar-refractivity contribution in [2.24, 2.45) is 5.92 Å². The van der Waals surface area contributed by atoms with Crippen molar-refractivity contribution >= 4 is 15.9 Å². The van der Waals surface area contributed by atoms with Gasteiger partial charge in [0.25, 0.3) is 0 Å². The van der Waals surface area contributed by atoms with Crippen LogP contribution in [0.2, 0.25) is 0 Å². The van der Waals surface area contributed by atoms with Gasteiger partial charge in [0.2, 0.25) is 0 Å². The maximum absolute atomic E-state index is 5.43. The third-order valence-electron chi connectivity index (χ3n) is 3.66. The number of nitrogens with zero attached hydrogens (tertiary/aromatic N) is 2. The molecule has 1 fully saturated rings. The van der Waals surface area contributed by atoms with Crippen LogP contribution in [0.25, 0.3) is 0 Å². The Morgan fingerprint density at radius 2 is 2.05 bits per heavy atom. The monoisotopic (exact) mass is 328 g/mol. The summed E-state index contributed by atoms with van der Waals surface area (Å²) >= 11 is 3.57. The Bertz CT molecular complexity index is 406. The van der Waals surface area contributed by atoms with Gasteiger partial charge >= 0.3 is 0 Å². The van der Waals surface area contributed by atoms with Crippen molar-refractivity contribution in [1.82, 2.24) is 9.88 Å². The van der Waals surface area contributed by atoms with Crippen LogP contribution in [0, 0.1) is 5.92 Å². The van der Waals surface area contributed by atoms with Gasteiger partial charge in [0.1, 0.15) is 5.69 Å². The van der Waals surface area contributed by atoms with E-state index >= 15 is 0 Å². The Morgan fingerprint density at radius 3 is 2.63 bits per heavy atom. The summed E-state index contributed by atoms with van der Waals surface area (Å²) in [6.45, 7) is 3.08. The average molecular weight is 329 g/mol. The predicted octanol–water partition coefficient (Wildman–Crippen LogP) is 2.71. The molecule has 2 heterocycles. The minimum atomic E-state index is 0.753. The van der Waals surface area contributed by atoms with Gasteiger partial charge in [0.05, 0.1) is 14.2 Å². The van der Waals surface area contributed by atoms with E-state index in [0.717, 1.165) is 48.1 Å². The van der Waals surface area contributed by atoms with Gasteiger partial charge in [-0.3, -0.25) is 9.88 Å². The van der Waals surface area contributed by atoms with Crippen molar-refractivity contribution in [3.05, 3.63) is 18.0 Å². The molecule has 1 saturated heterocycles. The number of halogens is 1. The summed E-state index contributed by atoms with van der Waals surface area (Å²) in [5.74, 6) is 2.33. The zero-order valence-corrected chi connectivity index (χ0v) is 13.1. The summed E-state index contributed by atoms with van der Waals surface area (Å²) in [4.78, 5) is 6.87. The first-order valence-corrected chi connectivity index (χ1v) is 7.74. The maximum atomic E-state index is 5.43. The molecular weight excluding hydrogens is 308 g/mol. The number of likely N-dealkylation sites (tertiary alicyclic amines) is 1. The van der Waals surface area contributed by atoms with Crippen molar-refractivity contribution in [2.45, 2.75) is 19.4 Å². The molecule has 19 heavy (non-hydrogen) atoms. The number of piperidine rings is 1. The van der Waals surface area contributed by atoms with Crippen LogP contribution in [0.5, 0.6) is 11.5 Å². The number of aromatic nitrogens is 1. The highest BCUT2D eigenvalue weighted by atomic mass is 79.9. The average Bonchev–Trinajstić information content (AvgIpc) is 2.47. The van der Waals surface area contributed by atoms with Crippen molar-refractivity contribution in [3.63, 3.8) is 0 Å². The summed E-state index contributed by atoms with van der Waals surface area (Å²) in [5, 5.41) is 1.11. The molecule has 106 valence electrons. The van der Waals surface area contributed by atoms with Crippen LogP contribution in [-0.2, 0) is 6.54 Å². The quantitative estimate of drug-likeness (QED) is 0.778. The van der Waals surface area contributed by atoms with Crippen LogP contribution in [0.15, 0.2) is 12.3 Å². The third-order valence-corrected chi connectivity index (χ3v) is 4.58. The predicted molar refractivity (Wildman–Crippen MR) is 79.1 cm³/mol. The van der Waals surface area contributed by atoms with E-state index in [1.165, 1.54) is 12.8 Å². The third kappa shape index (κ3) is 3.60. The number of methoxy groups -OCH3 is 2. The summed E-state index contributed by atoms with van der Waals surface area (Å²) in [6, 6.07) is 1.83. The Balaban J connectivity index is 2.03. The molecule has 5 heteroatoms. The van der Waals surface area contributed by atoms with Gasteiger partial charge in [-0.05, 0) is 31.8 Å². The molecule has 0 atom stereocenters. The molecule has 4 nitrogen and oxygen atoms in total. The Morgan fingerprint density at radius 1 is 1.32 bits per heavy atom. The van der Waals surface area contributed by atoms with Gasteiger partial charge in [-0.1, -0.05) is 15.9 Å². The van der Waals surface area contributed by atoms with Crippen LogP contribution < -0.4 is 9.47 Å². The van der Waals surface area contributed by atoms with E-state index < -0.39 is 0 Å². The van der Waals surface area contributed by atoms with Crippen molar-refractivity contribution in [1.29, 1.82) is 0 Å². The van der Waals surface area contributed by atoms with Gasteiger partial charge in [0.15, 0.2) is 11.5 Å². The first kappa shape index (κ1) is 14.6. The van der Waals surface area contributed by atoms with E-state index in [1.54, 1.807) is 20.4 Å². The molecule has 0 radical (unpaired) electrons. The molecule has 2 rings (SSSR count). The fraction of sp³-hybridized carbons (Fsp3) is 0.643. The van der Waals surface area contributed by atoms with E-state index in [2.05, 4.69) is 25.8 Å². The fourth-order valence-corrected chi connectivity index (χ4v) is 3.12. The molecule has 0 bridgehead atoms. The van der Waals surface area contributed by atoms with Crippen molar-refractivity contribution in [2.75, 3.05) is 32.6 Å². The minimum Gasteiger partial charge on any atom is -0.493 e. The minimum absolute atomic E-state index is 0.753. The second-order valence-corrected chi connectivity index (χ2v) is 5.51. The lowest BCUT2D eigenvalue weighted by molar-refractivity contribution is 0.183. The molecule has 1 aliphatic heterocycles. The lowest BCUT2D eigenvalue weighted by Crippen LogP contribution is -2.34. The van der Waals surface area contributed by atoms with Crippen LogP contribution in [0.3, 0.4) is 0 Å². The Hall–Kier alpha value is -0.810. The van der Waals surface area contributed by atoms with Gasteiger partial charge in [0, 0.05) is 24.1 Å². The molecule has 0 aliphatic carbocycles. The highest BCUT2D eigenvalue weighted by Crippen LogP contribution is 2.30. The highest BCUT2D eigenvalue weighted by Gasteiger charge is 2.20. The van der Waals surface area contributed by atoms with E-state index in [-0.39, 0.29) is 0 Å². The van der Waals surface area contributed by atoms with E-state index in [1.807, 2.05) is 6.07 Å². The molecule has 0 saturated carbocycles. The first-order chi connectivity index (χ1) is 9.28. The molecule has 0 amide bonds. The number of rotatable bonds is 5. The normalized spacial score (nSPS) is 17.4. The maximum Gasteiger partial charge on any atom is 0.183 e. The smallest absolute Gasteiger partial charge is 0.183 e. The van der Waals surface area contributed by atoms with Crippen molar-refractivity contribution in [3.8, 4) is 11.5 Å². The number of hydrogen-bond donors (Lipinski definition) is 0. The molecule has 1 aromatic heterocycles. The largest absolute Gasteiger partial charge is 0.493 e. The van der Waals surface area contributed by atoms with E-state index in [9.17, 15) is 0 Å². The molecular formula is C14H21BrN2O2. The molecule has 1 aromatic rings. The Kier molecular flexibility index (Phi) is 5.45. The topological polar surface area (TPSA) is 34.6 Å². The summed E-state index contributed by atoms with van der Waals surface area (Å²) < 4.78 is 10.7. The summed E-state index contributed by atoms with van der Waals surface area (Å²) in [6.07, 6.45) is 4.27. The zero-order chi connectivity index (χ0) is 13.7. The van der Waals surface area contributed by atoms with Crippen LogP contribution >= 0.6 is 15.9 Å². The van der Waals surface area contributed by atoms with E-state index in [0.29, 0.717) is 0 Å². The number of pyridine rings is 1. The summed E-state index contributed by atoms with van der Waals surface area (Å²) in [5.41, 5.74) is 0.958. The summed E-state index contributed by atoms with van der Waals surface area (Å²) in [7, 11) is 3.32. The molecule has 0 aromatic carbocycles. The van der Waals surface area contributed by atoms with Gasteiger partial charge < -0.3 is 9.47 Å². The van der Waals surface area contributed by atoms with Crippen LogP contribution in [-0.4, -0.2) is 42.5 Å². The SMILES string of the molecule is COc1ccnc(CN2CCC(CBr)CC2)c1OC. The lowest BCUT2D eigenvalue weighted by atomic mass is 9.99. The van der Waals surface area contributed by atoms with Gasteiger partial charge in [-0.2, -0.15) is 0 Å². The molecule has 0 spiro atoms. The Labute approximate surface area is 123 Å². The van der Waals surface area contributed by atoms with Crippen LogP contribution in [0.4, 0.5) is 0 Å². The van der Waals surface area contributed by atoms with Gasteiger partial charge in [-0.25, -0.2) is 0 Å². The standard InChI is InChI=1S/C14H21BrN2O2/c1-18-13-3-6-16-12(14(13)19-2)10-17-7-4-11(9-15)5-8-17/h3,6,11H,4-5,7-10H2,1-2H3. The number of alkyl halides is 1. The fourth-order valence-electron chi connectivity index (χ4n) is 2.47. The lowest BCUT2D eigenvalue weighted by Gasteiger charge is -2.31. The van der Waals surface area contributed by atoms with Crippen molar-refractivity contribution < 1.29 is 9.47 Å². The highest BCUT2D eigenvalue weighted by molar-refractivity contribution is 9.09. The second-order valence-electron chi connectivity index (χ2n) is 4.87. The molecule has 1 aliphatic rings. The number of hydrogen-bond acceptors (Lipinski definition) is 4. The van der Waals surface area contributed by atoms with E-state index in [4.69, 9.17) is 9.47 Å². The zero-order valence-electron chi connectivity index (χ0n) is 11.6. The molecule has 0 unspecified atom stereocenters. The van der Waals surface area contributed by atoms with Gasteiger partial charge in [-0.15, -0.1) is 0 Å². The number of ether oxygens (including phenoxy) is 2. The first-order valence-electron chi connectivity index (χ1n) is 6.62.